The predicted octanol–water partition coefficient (Wildman–Crippen LogP) is 4.97. The van der Waals surface area contributed by atoms with E-state index in [9.17, 15) is 9.59 Å². The summed E-state index contributed by atoms with van der Waals surface area (Å²) in [7, 11) is 0. The summed E-state index contributed by atoms with van der Waals surface area (Å²) >= 11 is 18.5. The SMILES string of the molecule is CCCNC(=O)C(C)N(Cc1c(Cl)cccc1Cl)C(=O)COc1cccc(Cl)c1. The number of amides is 2. The fourth-order valence-corrected chi connectivity index (χ4v) is 3.31. The number of benzene rings is 2. The van der Waals surface area contributed by atoms with Gasteiger partial charge in [-0.3, -0.25) is 9.59 Å². The highest BCUT2D eigenvalue weighted by Crippen LogP contribution is 2.26. The van der Waals surface area contributed by atoms with Crippen LogP contribution in [-0.2, 0) is 16.1 Å². The van der Waals surface area contributed by atoms with E-state index in [0.29, 0.717) is 32.9 Å². The summed E-state index contributed by atoms with van der Waals surface area (Å²) in [5.41, 5.74) is 0.571. The van der Waals surface area contributed by atoms with Crippen LogP contribution in [0.4, 0.5) is 0 Å². The van der Waals surface area contributed by atoms with E-state index in [1.807, 2.05) is 6.92 Å². The number of halogens is 3. The Hall–Kier alpha value is -1.95. The van der Waals surface area contributed by atoms with Crippen molar-refractivity contribution in [3.05, 3.63) is 63.1 Å². The highest BCUT2D eigenvalue weighted by Gasteiger charge is 2.27. The molecule has 156 valence electrons. The van der Waals surface area contributed by atoms with Crippen LogP contribution in [0.25, 0.3) is 0 Å². The summed E-state index contributed by atoms with van der Waals surface area (Å²) in [6.07, 6.45) is 0.792. The Balaban J connectivity index is 2.20. The van der Waals surface area contributed by atoms with Crippen molar-refractivity contribution in [3.63, 3.8) is 0 Å². The van der Waals surface area contributed by atoms with Gasteiger partial charge in [-0.15, -0.1) is 0 Å². The van der Waals surface area contributed by atoms with E-state index in [-0.39, 0.29) is 25.0 Å². The molecular formula is C21H23Cl3N2O3. The number of nitrogens with zero attached hydrogens (tertiary/aromatic N) is 1. The van der Waals surface area contributed by atoms with E-state index in [2.05, 4.69) is 5.32 Å². The zero-order valence-corrected chi connectivity index (χ0v) is 18.5. The second kappa shape index (κ2) is 11.3. The summed E-state index contributed by atoms with van der Waals surface area (Å²) in [6.45, 7) is 3.96. The fraction of sp³-hybridized carbons (Fsp3) is 0.333. The van der Waals surface area contributed by atoms with Crippen LogP contribution >= 0.6 is 34.8 Å². The van der Waals surface area contributed by atoms with Crippen molar-refractivity contribution in [2.24, 2.45) is 0 Å². The number of carbonyl (C=O) groups excluding carboxylic acids is 2. The van der Waals surface area contributed by atoms with Gasteiger partial charge in [0.25, 0.3) is 5.91 Å². The van der Waals surface area contributed by atoms with Crippen LogP contribution in [0, 0.1) is 0 Å². The number of rotatable bonds is 9. The van der Waals surface area contributed by atoms with E-state index in [0.717, 1.165) is 6.42 Å². The van der Waals surface area contributed by atoms with Crippen LogP contribution in [0.5, 0.6) is 5.75 Å². The predicted molar refractivity (Wildman–Crippen MR) is 117 cm³/mol. The molecule has 1 atom stereocenters. The summed E-state index contributed by atoms with van der Waals surface area (Å²) in [5, 5.41) is 4.16. The minimum absolute atomic E-state index is 0.0803. The highest BCUT2D eigenvalue weighted by atomic mass is 35.5. The minimum Gasteiger partial charge on any atom is -0.484 e. The van der Waals surface area contributed by atoms with Crippen LogP contribution in [0.15, 0.2) is 42.5 Å². The van der Waals surface area contributed by atoms with Gasteiger partial charge in [-0.2, -0.15) is 0 Å². The molecule has 1 unspecified atom stereocenters. The van der Waals surface area contributed by atoms with Gasteiger partial charge in [0.2, 0.25) is 5.91 Å². The van der Waals surface area contributed by atoms with Crippen LogP contribution in [-0.4, -0.2) is 35.9 Å². The second-order valence-corrected chi connectivity index (χ2v) is 7.69. The zero-order chi connectivity index (χ0) is 21.4. The molecule has 0 bridgehead atoms. The van der Waals surface area contributed by atoms with Gasteiger partial charge in [-0.05, 0) is 43.7 Å². The third kappa shape index (κ3) is 6.81. The fourth-order valence-electron chi connectivity index (χ4n) is 2.62. The molecular weight excluding hydrogens is 435 g/mol. The molecule has 8 heteroatoms. The summed E-state index contributed by atoms with van der Waals surface area (Å²) in [4.78, 5) is 26.9. The van der Waals surface area contributed by atoms with Gasteiger partial charge in [0, 0.05) is 33.7 Å². The third-order valence-corrected chi connectivity index (χ3v) is 5.21. The Labute approximate surface area is 185 Å². The first-order chi connectivity index (χ1) is 13.8. The molecule has 0 spiro atoms. The standard InChI is InChI=1S/C21H23Cl3N2O3/c1-3-10-25-21(28)14(2)26(12-17-18(23)8-5-9-19(17)24)20(27)13-29-16-7-4-6-15(22)11-16/h4-9,11,14H,3,10,12-13H2,1-2H3,(H,25,28). The highest BCUT2D eigenvalue weighted by molar-refractivity contribution is 6.36. The molecule has 2 aromatic rings. The molecule has 5 nitrogen and oxygen atoms in total. The van der Waals surface area contributed by atoms with Crippen molar-refractivity contribution in [2.75, 3.05) is 13.2 Å². The maximum Gasteiger partial charge on any atom is 0.261 e. The lowest BCUT2D eigenvalue weighted by molar-refractivity contribution is -0.142. The van der Waals surface area contributed by atoms with Gasteiger partial charge in [-0.1, -0.05) is 53.9 Å². The van der Waals surface area contributed by atoms with Crippen molar-refractivity contribution >= 4 is 46.6 Å². The van der Waals surface area contributed by atoms with Crippen molar-refractivity contribution in [1.29, 1.82) is 0 Å². The molecule has 0 aliphatic rings. The maximum atomic E-state index is 12.9. The van der Waals surface area contributed by atoms with Crippen LogP contribution in [0.3, 0.4) is 0 Å². The number of hydrogen-bond acceptors (Lipinski definition) is 3. The maximum absolute atomic E-state index is 12.9. The van der Waals surface area contributed by atoms with Crippen molar-refractivity contribution in [2.45, 2.75) is 32.9 Å². The van der Waals surface area contributed by atoms with Crippen LogP contribution < -0.4 is 10.1 Å². The van der Waals surface area contributed by atoms with E-state index in [4.69, 9.17) is 39.5 Å². The summed E-state index contributed by atoms with van der Waals surface area (Å²) < 4.78 is 5.57. The lowest BCUT2D eigenvalue weighted by Gasteiger charge is -2.29. The van der Waals surface area contributed by atoms with Gasteiger partial charge >= 0.3 is 0 Å². The minimum atomic E-state index is -0.732. The molecule has 29 heavy (non-hydrogen) atoms. The Kier molecular flexibility index (Phi) is 9.08. The Morgan fingerprint density at radius 1 is 1.10 bits per heavy atom. The third-order valence-electron chi connectivity index (χ3n) is 4.27. The van der Waals surface area contributed by atoms with Gasteiger partial charge in [-0.25, -0.2) is 0 Å². The number of hydrogen-bond donors (Lipinski definition) is 1. The van der Waals surface area contributed by atoms with Crippen LogP contribution in [0.2, 0.25) is 15.1 Å². The van der Waals surface area contributed by atoms with Crippen molar-refractivity contribution < 1.29 is 14.3 Å². The molecule has 2 rings (SSSR count). The quantitative estimate of drug-likeness (QED) is 0.578. The lowest BCUT2D eigenvalue weighted by Crippen LogP contribution is -2.49. The first-order valence-electron chi connectivity index (χ1n) is 9.22. The monoisotopic (exact) mass is 456 g/mol. The normalized spacial score (nSPS) is 11.6. The molecule has 0 saturated heterocycles. The van der Waals surface area contributed by atoms with Crippen molar-refractivity contribution in [3.8, 4) is 5.75 Å². The van der Waals surface area contributed by atoms with E-state index in [1.54, 1.807) is 49.4 Å². The smallest absolute Gasteiger partial charge is 0.261 e. The molecule has 0 aromatic heterocycles. The molecule has 0 radical (unpaired) electrons. The van der Waals surface area contributed by atoms with Crippen LogP contribution in [0.1, 0.15) is 25.8 Å². The summed E-state index contributed by atoms with van der Waals surface area (Å²) in [5.74, 6) is -0.170. The Bertz CT molecular complexity index is 841. The lowest BCUT2D eigenvalue weighted by atomic mass is 10.1. The molecule has 0 fully saturated rings. The Morgan fingerprint density at radius 3 is 2.38 bits per heavy atom. The first-order valence-corrected chi connectivity index (χ1v) is 10.3. The van der Waals surface area contributed by atoms with Gasteiger partial charge in [0.05, 0.1) is 0 Å². The largest absolute Gasteiger partial charge is 0.484 e. The first kappa shape index (κ1) is 23.3. The second-order valence-electron chi connectivity index (χ2n) is 6.43. The molecule has 1 N–H and O–H groups in total. The van der Waals surface area contributed by atoms with E-state index >= 15 is 0 Å². The number of carbonyl (C=O) groups is 2. The average Bonchev–Trinajstić information content (AvgIpc) is 2.69. The topological polar surface area (TPSA) is 58.6 Å². The van der Waals surface area contributed by atoms with E-state index in [1.165, 1.54) is 4.90 Å². The van der Waals surface area contributed by atoms with Crippen molar-refractivity contribution in [1.82, 2.24) is 10.2 Å². The summed E-state index contributed by atoms with van der Waals surface area (Å²) in [6, 6.07) is 11.1. The molecule has 0 aliphatic heterocycles. The van der Waals surface area contributed by atoms with Gasteiger partial charge in [0.1, 0.15) is 11.8 Å². The Morgan fingerprint density at radius 2 is 1.76 bits per heavy atom. The van der Waals surface area contributed by atoms with Gasteiger partial charge < -0.3 is 15.0 Å². The molecule has 2 amide bonds. The molecule has 2 aromatic carbocycles. The molecule has 0 saturated carbocycles. The number of nitrogens with one attached hydrogen (secondary N) is 1. The molecule has 0 heterocycles. The zero-order valence-electron chi connectivity index (χ0n) is 16.3. The molecule has 0 aliphatic carbocycles. The number of ether oxygens (including phenoxy) is 1. The van der Waals surface area contributed by atoms with E-state index < -0.39 is 6.04 Å². The van der Waals surface area contributed by atoms with Gasteiger partial charge in [0.15, 0.2) is 6.61 Å². The average molecular weight is 458 g/mol.